The number of anilines is 1. The second kappa shape index (κ2) is 7.34. The molecule has 0 saturated carbocycles. The summed E-state index contributed by atoms with van der Waals surface area (Å²) in [7, 11) is 1.62. The zero-order valence-corrected chi connectivity index (χ0v) is 13.8. The zero-order chi connectivity index (χ0) is 17.9. The van der Waals surface area contributed by atoms with E-state index >= 15 is 0 Å². The molecule has 0 aliphatic carbocycles. The van der Waals surface area contributed by atoms with E-state index in [0.29, 0.717) is 4.47 Å². The molecule has 0 aliphatic heterocycles. The fraction of sp³-hybridized carbons (Fsp3) is 0.231. The Bertz CT molecular complexity index is 781. The van der Waals surface area contributed by atoms with Crippen LogP contribution in [0.25, 0.3) is 0 Å². The first-order valence-electron chi connectivity index (χ1n) is 6.47. The van der Waals surface area contributed by atoms with Crippen molar-refractivity contribution in [1.29, 1.82) is 0 Å². The summed E-state index contributed by atoms with van der Waals surface area (Å²) in [4.78, 5) is 22.4. The fourth-order valence-electron chi connectivity index (χ4n) is 1.81. The number of nitro benzene ring substituents is 1. The number of carbonyl (C=O) groups is 1. The molecule has 0 aliphatic rings. The molecule has 0 bridgehead atoms. The smallest absolute Gasteiger partial charge is 0.277 e. The Morgan fingerprint density at radius 3 is 2.75 bits per heavy atom. The van der Waals surface area contributed by atoms with Crippen molar-refractivity contribution in [2.75, 3.05) is 11.9 Å². The number of nitro groups is 1. The maximum Gasteiger partial charge on any atom is 0.277 e. The van der Waals surface area contributed by atoms with E-state index in [9.17, 15) is 23.7 Å². The molecular weight excluding hydrogens is 394 g/mol. The second-order valence-electron chi connectivity index (χ2n) is 4.63. The largest absolute Gasteiger partial charge is 0.487 e. The number of halogens is 3. The molecule has 1 aromatic heterocycles. The summed E-state index contributed by atoms with van der Waals surface area (Å²) in [6.07, 6.45) is -1.17. The van der Waals surface area contributed by atoms with Crippen molar-refractivity contribution in [3.05, 3.63) is 44.7 Å². The second-order valence-corrected chi connectivity index (χ2v) is 5.48. The Labute approximate surface area is 142 Å². The van der Waals surface area contributed by atoms with Crippen molar-refractivity contribution in [1.82, 2.24) is 9.78 Å². The highest BCUT2D eigenvalue weighted by Gasteiger charge is 2.18. The van der Waals surface area contributed by atoms with Crippen LogP contribution in [0.2, 0.25) is 0 Å². The Morgan fingerprint density at radius 1 is 1.50 bits per heavy atom. The lowest BCUT2D eigenvalue weighted by molar-refractivity contribution is -0.384. The molecule has 24 heavy (non-hydrogen) atoms. The third kappa shape index (κ3) is 4.47. The van der Waals surface area contributed by atoms with Crippen LogP contribution in [0.15, 0.2) is 28.9 Å². The van der Waals surface area contributed by atoms with Crippen LogP contribution in [-0.4, -0.2) is 33.6 Å². The lowest BCUT2D eigenvalue weighted by atomic mass is 10.2. The monoisotopic (exact) mass is 404 g/mol. The number of rotatable bonds is 6. The van der Waals surface area contributed by atoms with Gasteiger partial charge in [-0.15, -0.1) is 0 Å². The van der Waals surface area contributed by atoms with Gasteiger partial charge in [-0.1, -0.05) is 0 Å². The van der Waals surface area contributed by atoms with Crippen LogP contribution >= 0.6 is 15.9 Å². The van der Waals surface area contributed by atoms with Gasteiger partial charge in [-0.2, -0.15) is 5.10 Å². The van der Waals surface area contributed by atoms with E-state index in [4.69, 9.17) is 4.74 Å². The minimum atomic E-state index is -2.73. The number of benzene rings is 1. The average Bonchev–Trinajstić information content (AvgIpc) is 2.83. The highest BCUT2D eigenvalue weighted by atomic mass is 79.9. The molecule has 11 heteroatoms. The standard InChI is InChI=1S/C13H11BrF2N4O4/c1-19-5-10(14)12(18-19)13(21)17-7-2-8(20(22)23)4-9(3-7)24-6-11(15)16/h2-5,11H,6H2,1H3,(H,17,21). The number of hydrogen-bond acceptors (Lipinski definition) is 5. The molecule has 0 unspecified atom stereocenters. The molecule has 1 amide bonds. The Kier molecular flexibility index (Phi) is 5.44. The zero-order valence-electron chi connectivity index (χ0n) is 12.2. The molecule has 0 atom stereocenters. The minimum Gasteiger partial charge on any atom is -0.487 e. The Balaban J connectivity index is 2.26. The average molecular weight is 405 g/mol. The number of amides is 1. The van der Waals surface area contributed by atoms with Crippen LogP contribution in [0, 0.1) is 10.1 Å². The maximum absolute atomic E-state index is 12.2. The van der Waals surface area contributed by atoms with Crippen molar-refractivity contribution >= 4 is 33.2 Å². The highest BCUT2D eigenvalue weighted by Crippen LogP contribution is 2.27. The fourth-order valence-corrected chi connectivity index (χ4v) is 2.36. The lowest BCUT2D eigenvalue weighted by Crippen LogP contribution is -2.14. The van der Waals surface area contributed by atoms with E-state index in [2.05, 4.69) is 26.3 Å². The van der Waals surface area contributed by atoms with Crippen molar-refractivity contribution in [3.63, 3.8) is 0 Å². The molecule has 1 aromatic carbocycles. The number of alkyl halides is 2. The van der Waals surface area contributed by atoms with Crippen LogP contribution in [0.1, 0.15) is 10.5 Å². The van der Waals surface area contributed by atoms with Gasteiger partial charge in [-0.3, -0.25) is 19.6 Å². The van der Waals surface area contributed by atoms with E-state index in [0.717, 1.165) is 12.1 Å². The third-order valence-corrected chi connectivity index (χ3v) is 3.32. The van der Waals surface area contributed by atoms with Gasteiger partial charge in [-0.05, 0) is 15.9 Å². The number of non-ortho nitro benzene ring substituents is 1. The van der Waals surface area contributed by atoms with Crippen LogP contribution in [-0.2, 0) is 7.05 Å². The third-order valence-electron chi connectivity index (χ3n) is 2.74. The topological polar surface area (TPSA) is 99.3 Å². The molecular formula is C13H11BrF2N4O4. The van der Waals surface area contributed by atoms with Gasteiger partial charge < -0.3 is 10.1 Å². The molecule has 2 rings (SSSR count). The van der Waals surface area contributed by atoms with Crippen molar-refractivity contribution in [2.45, 2.75) is 6.43 Å². The molecule has 0 spiro atoms. The van der Waals surface area contributed by atoms with E-state index < -0.39 is 29.6 Å². The van der Waals surface area contributed by atoms with Gasteiger partial charge in [-0.25, -0.2) is 8.78 Å². The highest BCUT2D eigenvalue weighted by molar-refractivity contribution is 9.10. The number of nitrogens with one attached hydrogen (secondary N) is 1. The first kappa shape index (κ1) is 17.8. The summed E-state index contributed by atoms with van der Waals surface area (Å²) < 4.78 is 31.0. The number of carbonyl (C=O) groups excluding carboxylic acids is 1. The number of aryl methyl sites for hydroxylation is 1. The molecule has 2 aromatic rings. The van der Waals surface area contributed by atoms with Gasteiger partial charge in [0.05, 0.1) is 21.1 Å². The number of nitrogens with zero attached hydrogens (tertiary/aromatic N) is 3. The Hall–Kier alpha value is -2.56. The quantitative estimate of drug-likeness (QED) is 0.589. The van der Waals surface area contributed by atoms with E-state index in [1.54, 1.807) is 13.2 Å². The molecule has 1 N–H and O–H groups in total. The first-order valence-corrected chi connectivity index (χ1v) is 7.26. The van der Waals surface area contributed by atoms with Crippen LogP contribution in [0.4, 0.5) is 20.2 Å². The summed E-state index contributed by atoms with van der Waals surface area (Å²) in [6.45, 7) is -0.916. The predicted molar refractivity (Wildman–Crippen MR) is 83.5 cm³/mol. The molecule has 0 radical (unpaired) electrons. The summed E-state index contributed by atoms with van der Waals surface area (Å²) >= 11 is 3.16. The van der Waals surface area contributed by atoms with E-state index in [1.807, 2.05) is 0 Å². The van der Waals surface area contributed by atoms with Crippen molar-refractivity contribution in [2.24, 2.45) is 7.05 Å². The summed E-state index contributed by atoms with van der Waals surface area (Å²) in [5.41, 5.74) is -0.313. The summed E-state index contributed by atoms with van der Waals surface area (Å²) in [5, 5.41) is 17.3. The number of aromatic nitrogens is 2. The SMILES string of the molecule is Cn1cc(Br)c(C(=O)Nc2cc(OCC(F)F)cc([N+](=O)[O-])c2)n1. The van der Waals surface area contributed by atoms with E-state index in [1.165, 1.54) is 10.7 Å². The molecule has 0 fully saturated rings. The number of hydrogen-bond donors (Lipinski definition) is 1. The van der Waals surface area contributed by atoms with Crippen molar-refractivity contribution < 1.29 is 23.2 Å². The Morgan fingerprint density at radius 2 is 2.21 bits per heavy atom. The lowest BCUT2D eigenvalue weighted by Gasteiger charge is -2.09. The van der Waals surface area contributed by atoms with Crippen LogP contribution in [0.5, 0.6) is 5.75 Å². The van der Waals surface area contributed by atoms with Gasteiger partial charge >= 0.3 is 0 Å². The maximum atomic E-state index is 12.2. The van der Waals surface area contributed by atoms with Gasteiger partial charge in [0.25, 0.3) is 18.0 Å². The van der Waals surface area contributed by atoms with Gasteiger partial charge in [0.2, 0.25) is 0 Å². The molecule has 1 heterocycles. The molecule has 128 valence electrons. The normalized spacial score (nSPS) is 10.7. The van der Waals surface area contributed by atoms with Crippen LogP contribution in [0.3, 0.4) is 0 Å². The van der Waals surface area contributed by atoms with E-state index in [-0.39, 0.29) is 17.1 Å². The van der Waals surface area contributed by atoms with Crippen molar-refractivity contribution in [3.8, 4) is 5.75 Å². The van der Waals surface area contributed by atoms with Gasteiger partial charge in [0, 0.05) is 25.4 Å². The first-order chi connectivity index (χ1) is 11.3. The minimum absolute atomic E-state index is 0.0241. The molecule has 8 nitrogen and oxygen atoms in total. The van der Waals surface area contributed by atoms with Crippen LogP contribution < -0.4 is 10.1 Å². The summed E-state index contributed by atoms with van der Waals surface area (Å²) in [6, 6.07) is 3.29. The predicted octanol–water partition coefficient (Wildman–Crippen LogP) is 2.99. The van der Waals surface area contributed by atoms with Gasteiger partial charge in [0.15, 0.2) is 5.69 Å². The van der Waals surface area contributed by atoms with Gasteiger partial charge in [0.1, 0.15) is 12.4 Å². The summed E-state index contributed by atoms with van der Waals surface area (Å²) in [5.74, 6) is -0.775. The number of ether oxygens (including phenoxy) is 1. The molecule has 0 saturated heterocycles.